The lowest BCUT2D eigenvalue weighted by Gasteiger charge is -2.07. The van der Waals surface area contributed by atoms with Crippen LogP contribution in [0.5, 0.6) is 17.2 Å². The van der Waals surface area contributed by atoms with Crippen molar-refractivity contribution in [3.63, 3.8) is 0 Å². The molecule has 27 heavy (non-hydrogen) atoms. The summed E-state index contributed by atoms with van der Waals surface area (Å²) in [5.74, 6) is 0.246. The number of ether oxygens (including phenoxy) is 1. The Morgan fingerprint density at radius 3 is 2.30 bits per heavy atom. The number of azo groups is 1. The molecule has 0 atom stereocenters. The Morgan fingerprint density at radius 1 is 0.889 bits per heavy atom. The first kappa shape index (κ1) is 18.1. The zero-order chi connectivity index (χ0) is 19.2. The fraction of sp³-hybridized carbons (Fsp3) is 0.0952. The van der Waals surface area contributed by atoms with Crippen molar-refractivity contribution in [2.45, 2.75) is 6.92 Å². The maximum Gasteiger partial charge on any atom is 0.166 e. The molecular weight excluding hydrogens is 342 g/mol. The van der Waals surface area contributed by atoms with Crippen LogP contribution < -0.4 is 4.74 Å². The Morgan fingerprint density at radius 2 is 1.59 bits per heavy atom. The van der Waals surface area contributed by atoms with Crippen LogP contribution in [-0.2, 0) is 0 Å². The van der Waals surface area contributed by atoms with E-state index in [1.54, 1.807) is 36.4 Å². The lowest BCUT2D eigenvalue weighted by Crippen LogP contribution is -1.89. The third-order valence-electron chi connectivity index (χ3n) is 3.85. The third-order valence-corrected chi connectivity index (χ3v) is 3.85. The van der Waals surface area contributed by atoms with E-state index in [4.69, 9.17) is 4.74 Å². The number of methoxy groups -OCH3 is 1. The van der Waals surface area contributed by atoms with Crippen molar-refractivity contribution in [3.05, 3.63) is 71.8 Å². The van der Waals surface area contributed by atoms with E-state index < -0.39 is 0 Å². The predicted octanol–water partition coefficient (Wildman–Crippen LogP) is 5.58. The van der Waals surface area contributed by atoms with Crippen LogP contribution in [0.1, 0.15) is 11.1 Å². The van der Waals surface area contributed by atoms with Crippen molar-refractivity contribution in [2.75, 3.05) is 7.11 Å². The van der Waals surface area contributed by atoms with Gasteiger partial charge in [0.15, 0.2) is 11.5 Å². The fourth-order valence-corrected chi connectivity index (χ4v) is 2.37. The van der Waals surface area contributed by atoms with Crippen LogP contribution in [0, 0.1) is 6.92 Å². The molecule has 0 fully saturated rings. The van der Waals surface area contributed by atoms with Crippen LogP contribution in [-0.4, -0.2) is 23.5 Å². The van der Waals surface area contributed by atoms with Crippen LogP contribution >= 0.6 is 0 Å². The van der Waals surface area contributed by atoms with E-state index in [9.17, 15) is 10.2 Å². The van der Waals surface area contributed by atoms with Gasteiger partial charge in [-0.2, -0.15) is 10.2 Å². The number of phenols is 2. The molecule has 0 saturated carbocycles. The summed E-state index contributed by atoms with van der Waals surface area (Å²) in [6.07, 6.45) is 1.44. The predicted molar refractivity (Wildman–Crippen MR) is 105 cm³/mol. The Kier molecular flexibility index (Phi) is 5.47. The van der Waals surface area contributed by atoms with Gasteiger partial charge in [0.2, 0.25) is 0 Å². The molecule has 0 heterocycles. The van der Waals surface area contributed by atoms with Gasteiger partial charge >= 0.3 is 0 Å². The largest absolute Gasteiger partial charge is 0.506 e. The smallest absolute Gasteiger partial charge is 0.166 e. The van der Waals surface area contributed by atoms with Crippen LogP contribution in [0.2, 0.25) is 0 Å². The monoisotopic (exact) mass is 361 g/mol. The van der Waals surface area contributed by atoms with E-state index >= 15 is 0 Å². The lowest BCUT2D eigenvalue weighted by atomic mass is 10.1. The van der Waals surface area contributed by atoms with E-state index in [2.05, 4.69) is 15.2 Å². The van der Waals surface area contributed by atoms with Gasteiger partial charge in [-0.05, 0) is 37.3 Å². The zero-order valence-electron chi connectivity index (χ0n) is 15.0. The van der Waals surface area contributed by atoms with Crippen molar-refractivity contribution in [1.29, 1.82) is 0 Å². The molecule has 2 N–H and O–H groups in total. The van der Waals surface area contributed by atoms with Gasteiger partial charge in [-0.1, -0.05) is 29.8 Å². The molecule has 6 nitrogen and oxygen atoms in total. The molecule has 3 aromatic carbocycles. The van der Waals surface area contributed by atoms with Crippen LogP contribution in [0.4, 0.5) is 17.1 Å². The fourth-order valence-electron chi connectivity index (χ4n) is 2.37. The second-order valence-electron chi connectivity index (χ2n) is 5.87. The number of benzene rings is 3. The molecule has 0 aliphatic heterocycles. The van der Waals surface area contributed by atoms with Gasteiger partial charge in [-0.15, -0.1) is 0 Å². The molecule has 0 aliphatic carbocycles. The SMILES string of the molecule is COc1cc(N=Nc2ccc(C)cc2)cc(C=Nc2ccccc2O)c1O. The Labute approximate surface area is 157 Å². The highest BCUT2D eigenvalue weighted by atomic mass is 16.5. The molecule has 0 bridgehead atoms. The molecule has 3 rings (SSSR count). The number of hydrogen-bond acceptors (Lipinski definition) is 6. The highest BCUT2D eigenvalue weighted by Gasteiger charge is 2.10. The molecule has 0 unspecified atom stereocenters. The molecule has 136 valence electrons. The molecule has 0 amide bonds. The second-order valence-corrected chi connectivity index (χ2v) is 5.87. The maximum absolute atomic E-state index is 10.3. The Bertz CT molecular complexity index is 996. The summed E-state index contributed by atoms with van der Waals surface area (Å²) in [4.78, 5) is 4.22. The number of aromatic hydroxyl groups is 2. The van der Waals surface area contributed by atoms with Gasteiger partial charge < -0.3 is 14.9 Å². The van der Waals surface area contributed by atoms with E-state index in [0.29, 0.717) is 16.9 Å². The average Bonchev–Trinajstić information content (AvgIpc) is 2.68. The zero-order valence-corrected chi connectivity index (χ0v) is 15.0. The maximum atomic E-state index is 10.3. The molecule has 0 radical (unpaired) electrons. The number of nitrogens with zero attached hydrogens (tertiary/aromatic N) is 3. The summed E-state index contributed by atoms with van der Waals surface area (Å²) in [6.45, 7) is 2.00. The summed E-state index contributed by atoms with van der Waals surface area (Å²) in [5, 5.41) is 28.5. The van der Waals surface area contributed by atoms with Crippen molar-refractivity contribution < 1.29 is 14.9 Å². The number of phenolic OH excluding ortho intramolecular Hbond substituents is 2. The summed E-state index contributed by atoms with van der Waals surface area (Å²) < 4.78 is 5.21. The highest BCUT2D eigenvalue weighted by Crippen LogP contribution is 2.35. The van der Waals surface area contributed by atoms with Crippen molar-refractivity contribution in [1.82, 2.24) is 0 Å². The average molecular weight is 361 g/mol. The number of rotatable bonds is 5. The topological polar surface area (TPSA) is 86.8 Å². The quantitative estimate of drug-likeness (QED) is 0.459. The Hall–Kier alpha value is -3.67. The van der Waals surface area contributed by atoms with Gasteiger partial charge in [0.1, 0.15) is 11.4 Å². The van der Waals surface area contributed by atoms with E-state index in [1.165, 1.54) is 13.3 Å². The van der Waals surface area contributed by atoms with Crippen molar-refractivity contribution >= 4 is 23.3 Å². The molecule has 3 aromatic rings. The molecule has 0 aromatic heterocycles. The van der Waals surface area contributed by atoms with Crippen molar-refractivity contribution in [2.24, 2.45) is 15.2 Å². The number of aliphatic imine (C=N–C) groups is 1. The molecule has 0 spiro atoms. The summed E-state index contributed by atoms with van der Waals surface area (Å²) in [7, 11) is 1.46. The van der Waals surface area contributed by atoms with Gasteiger partial charge in [0, 0.05) is 17.8 Å². The van der Waals surface area contributed by atoms with Crippen LogP contribution in [0.25, 0.3) is 0 Å². The number of para-hydroxylation sites is 2. The minimum absolute atomic E-state index is 0.0513. The van der Waals surface area contributed by atoms with Gasteiger partial charge in [-0.3, -0.25) is 4.99 Å². The lowest BCUT2D eigenvalue weighted by molar-refractivity contribution is 0.373. The molecule has 0 saturated heterocycles. The number of hydrogen-bond donors (Lipinski definition) is 2. The molecule has 6 heteroatoms. The van der Waals surface area contributed by atoms with E-state index in [0.717, 1.165) is 11.3 Å². The van der Waals surface area contributed by atoms with Gasteiger partial charge in [0.25, 0.3) is 0 Å². The first-order valence-corrected chi connectivity index (χ1v) is 8.28. The molecular formula is C21H19N3O3. The van der Waals surface area contributed by atoms with E-state index in [-0.39, 0.29) is 17.2 Å². The minimum atomic E-state index is -0.0639. The number of aryl methyl sites for hydroxylation is 1. The summed E-state index contributed by atoms with van der Waals surface area (Å²) >= 11 is 0. The van der Waals surface area contributed by atoms with Crippen molar-refractivity contribution in [3.8, 4) is 17.2 Å². The third kappa shape index (κ3) is 4.49. The summed E-state index contributed by atoms with van der Waals surface area (Å²) in [6, 6.07) is 17.6. The highest BCUT2D eigenvalue weighted by molar-refractivity contribution is 5.88. The van der Waals surface area contributed by atoms with Crippen LogP contribution in [0.3, 0.4) is 0 Å². The minimum Gasteiger partial charge on any atom is -0.506 e. The summed E-state index contributed by atoms with van der Waals surface area (Å²) in [5.41, 5.74) is 3.15. The normalized spacial score (nSPS) is 11.3. The van der Waals surface area contributed by atoms with Crippen LogP contribution in [0.15, 0.2) is 75.9 Å². The van der Waals surface area contributed by atoms with Gasteiger partial charge in [0.05, 0.1) is 18.5 Å². The first-order valence-electron chi connectivity index (χ1n) is 8.28. The standard InChI is InChI=1S/C21H19N3O3/c1-14-7-9-16(10-8-14)23-24-17-11-15(21(26)20(12-17)27-2)13-22-18-5-3-4-6-19(18)25/h3-13,25-26H,1-2H3. The van der Waals surface area contributed by atoms with Gasteiger partial charge in [-0.25, -0.2) is 0 Å². The van der Waals surface area contributed by atoms with E-state index in [1.807, 2.05) is 31.2 Å². The first-order chi connectivity index (χ1) is 13.1. The Balaban J connectivity index is 1.93. The molecule has 0 aliphatic rings. The second kappa shape index (κ2) is 8.14.